The minimum atomic E-state index is 0.128. The van der Waals surface area contributed by atoms with Crippen molar-refractivity contribution < 1.29 is 9.47 Å². The van der Waals surface area contributed by atoms with Crippen molar-refractivity contribution in [2.24, 2.45) is 11.8 Å². The molecule has 2 atom stereocenters. The van der Waals surface area contributed by atoms with Crippen molar-refractivity contribution in [1.82, 2.24) is 5.43 Å². The summed E-state index contributed by atoms with van der Waals surface area (Å²) in [6.45, 7) is 4.29. The Bertz CT molecular complexity index is 352. The minimum Gasteiger partial charge on any atom is -0.497 e. The normalized spacial score (nSPS) is 14.4. The number of aryl methyl sites for hydroxylation is 1. The van der Waals surface area contributed by atoms with E-state index in [2.05, 4.69) is 31.4 Å². The highest BCUT2D eigenvalue weighted by Gasteiger charge is 2.22. The Kier molecular flexibility index (Phi) is 6.84. The van der Waals surface area contributed by atoms with E-state index in [0.717, 1.165) is 18.6 Å². The number of benzene rings is 1. The molecule has 0 aliphatic rings. The van der Waals surface area contributed by atoms with E-state index in [-0.39, 0.29) is 12.1 Å². The molecule has 0 amide bonds. The highest BCUT2D eigenvalue weighted by atomic mass is 16.5. The third-order valence-corrected chi connectivity index (χ3v) is 3.44. The first-order valence-electron chi connectivity index (χ1n) is 6.74. The number of nitrogens with one attached hydrogen (secondary N) is 1. The minimum absolute atomic E-state index is 0.128. The second kappa shape index (κ2) is 8.15. The van der Waals surface area contributed by atoms with Gasteiger partial charge < -0.3 is 9.47 Å². The van der Waals surface area contributed by atoms with Crippen molar-refractivity contribution in [2.75, 3.05) is 14.2 Å². The molecule has 0 aliphatic carbocycles. The van der Waals surface area contributed by atoms with Crippen LogP contribution in [-0.2, 0) is 11.2 Å². The quantitative estimate of drug-likeness (QED) is 0.559. The van der Waals surface area contributed by atoms with Crippen LogP contribution in [0.2, 0.25) is 0 Å². The summed E-state index contributed by atoms with van der Waals surface area (Å²) in [5.74, 6) is 6.96. The van der Waals surface area contributed by atoms with Gasteiger partial charge in [-0.1, -0.05) is 26.0 Å². The van der Waals surface area contributed by atoms with E-state index in [9.17, 15) is 0 Å². The molecule has 1 aromatic rings. The average molecular weight is 266 g/mol. The van der Waals surface area contributed by atoms with Crippen LogP contribution in [0.5, 0.6) is 5.75 Å². The Morgan fingerprint density at radius 2 is 1.79 bits per heavy atom. The van der Waals surface area contributed by atoms with Gasteiger partial charge in [0.15, 0.2) is 0 Å². The van der Waals surface area contributed by atoms with Crippen molar-refractivity contribution in [3.63, 3.8) is 0 Å². The average Bonchev–Trinajstić information content (AvgIpc) is 2.43. The standard InChI is InChI=1S/C15H26N2O2/c1-11(2)15(19-4)14(17-16)10-7-12-5-8-13(18-3)9-6-12/h5-6,8-9,11,14-15,17H,7,10,16H2,1-4H3. The van der Waals surface area contributed by atoms with Gasteiger partial charge in [-0.2, -0.15) is 0 Å². The van der Waals surface area contributed by atoms with Gasteiger partial charge in [0.05, 0.1) is 13.2 Å². The number of ether oxygens (including phenoxy) is 2. The smallest absolute Gasteiger partial charge is 0.118 e. The molecule has 0 heterocycles. The summed E-state index contributed by atoms with van der Waals surface area (Å²) in [6, 6.07) is 8.30. The lowest BCUT2D eigenvalue weighted by Gasteiger charge is -2.28. The van der Waals surface area contributed by atoms with E-state index in [1.54, 1.807) is 14.2 Å². The fraction of sp³-hybridized carbons (Fsp3) is 0.600. The first-order valence-corrected chi connectivity index (χ1v) is 6.74. The van der Waals surface area contributed by atoms with Gasteiger partial charge in [-0.25, -0.2) is 0 Å². The number of methoxy groups -OCH3 is 2. The third-order valence-electron chi connectivity index (χ3n) is 3.44. The molecule has 19 heavy (non-hydrogen) atoms. The number of nitrogens with two attached hydrogens (primary N) is 1. The summed E-state index contributed by atoms with van der Waals surface area (Å²) >= 11 is 0. The van der Waals surface area contributed by atoms with Crippen LogP contribution in [-0.4, -0.2) is 26.4 Å². The maximum absolute atomic E-state index is 5.65. The van der Waals surface area contributed by atoms with Crippen LogP contribution in [0.4, 0.5) is 0 Å². The molecule has 0 spiro atoms. The Hall–Kier alpha value is -1.10. The van der Waals surface area contributed by atoms with Crippen molar-refractivity contribution in [1.29, 1.82) is 0 Å². The van der Waals surface area contributed by atoms with Crippen LogP contribution in [0, 0.1) is 5.92 Å². The molecule has 1 rings (SSSR count). The maximum atomic E-state index is 5.65. The van der Waals surface area contributed by atoms with Crippen LogP contribution in [0.25, 0.3) is 0 Å². The Morgan fingerprint density at radius 3 is 2.21 bits per heavy atom. The number of hydrazine groups is 1. The zero-order chi connectivity index (χ0) is 14.3. The molecule has 0 aliphatic heterocycles. The van der Waals surface area contributed by atoms with Gasteiger partial charge in [0.25, 0.3) is 0 Å². The fourth-order valence-electron chi connectivity index (χ4n) is 2.36. The van der Waals surface area contributed by atoms with Gasteiger partial charge in [0, 0.05) is 13.2 Å². The molecule has 108 valence electrons. The second-order valence-corrected chi connectivity index (χ2v) is 5.10. The van der Waals surface area contributed by atoms with Crippen molar-refractivity contribution in [2.45, 2.75) is 38.8 Å². The van der Waals surface area contributed by atoms with Crippen molar-refractivity contribution >= 4 is 0 Å². The molecule has 0 saturated carbocycles. The summed E-state index contributed by atoms with van der Waals surface area (Å²) in [6.07, 6.45) is 2.04. The summed E-state index contributed by atoms with van der Waals surface area (Å²) in [5, 5.41) is 0. The zero-order valence-electron chi connectivity index (χ0n) is 12.3. The Labute approximate surface area is 116 Å². The molecule has 4 heteroatoms. The number of rotatable bonds is 8. The van der Waals surface area contributed by atoms with E-state index in [4.69, 9.17) is 15.3 Å². The van der Waals surface area contributed by atoms with Crippen LogP contribution >= 0.6 is 0 Å². The maximum Gasteiger partial charge on any atom is 0.118 e. The van der Waals surface area contributed by atoms with Crippen molar-refractivity contribution in [3.05, 3.63) is 29.8 Å². The molecule has 0 fully saturated rings. The first-order chi connectivity index (χ1) is 9.12. The number of hydrogen-bond acceptors (Lipinski definition) is 4. The van der Waals surface area contributed by atoms with E-state index < -0.39 is 0 Å². The molecule has 1 aromatic carbocycles. The van der Waals surface area contributed by atoms with Gasteiger partial charge in [-0.3, -0.25) is 11.3 Å². The lowest BCUT2D eigenvalue weighted by molar-refractivity contribution is 0.0308. The first kappa shape index (κ1) is 16.0. The lowest BCUT2D eigenvalue weighted by atomic mass is 9.94. The second-order valence-electron chi connectivity index (χ2n) is 5.10. The summed E-state index contributed by atoms with van der Waals surface area (Å²) in [5.41, 5.74) is 4.15. The van der Waals surface area contributed by atoms with Gasteiger partial charge in [0.1, 0.15) is 5.75 Å². The molecular formula is C15H26N2O2. The summed E-state index contributed by atoms with van der Waals surface area (Å²) < 4.78 is 10.7. The predicted octanol–water partition coefficient (Wildman–Crippen LogP) is 2.13. The molecular weight excluding hydrogens is 240 g/mol. The lowest BCUT2D eigenvalue weighted by Crippen LogP contribution is -2.47. The fourth-order valence-corrected chi connectivity index (χ4v) is 2.36. The SMILES string of the molecule is COc1ccc(CCC(NN)C(OC)C(C)C)cc1. The van der Waals surface area contributed by atoms with Crippen LogP contribution in [0.1, 0.15) is 25.8 Å². The van der Waals surface area contributed by atoms with Crippen molar-refractivity contribution in [3.8, 4) is 5.75 Å². The highest BCUT2D eigenvalue weighted by molar-refractivity contribution is 5.27. The van der Waals surface area contributed by atoms with Gasteiger partial charge >= 0.3 is 0 Å². The number of hydrogen-bond donors (Lipinski definition) is 2. The third kappa shape index (κ3) is 4.82. The topological polar surface area (TPSA) is 56.5 Å². The van der Waals surface area contributed by atoms with E-state index in [1.165, 1.54) is 5.56 Å². The molecule has 0 radical (unpaired) electrons. The molecule has 3 N–H and O–H groups in total. The molecule has 0 saturated heterocycles. The van der Waals surface area contributed by atoms with Gasteiger partial charge in [0.2, 0.25) is 0 Å². The van der Waals surface area contributed by atoms with E-state index in [0.29, 0.717) is 5.92 Å². The Morgan fingerprint density at radius 1 is 1.16 bits per heavy atom. The Balaban J connectivity index is 2.56. The molecule has 0 aromatic heterocycles. The molecule has 2 unspecified atom stereocenters. The highest BCUT2D eigenvalue weighted by Crippen LogP contribution is 2.17. The monoisotopic (exact) mass is 266 g/mol. The van der Waals surface area contributed by atoms with Crippen LogP contribution in [0.15, 0.2) is 24.3 Å². The molecule has 0 bridgehead atoms. The van der Waals surface area contributed by atoms with E-state index in [1.807, 2.05) is 12.1 Å². The van der Waals surface area contributed by atoms with E-state index >= 15 is 0 Å². The molecule has 4 nitrogen and oxygen atoms in total. The van der Waals surface area contributed by atoms with Crippen LogP contribution < -0.4 is 16.0 Å². The summed E-state index contributed by atoms with van der Waals surface area (Å²) in [7, 11) is 3.41. The van der Waals surface area contributed by atoms with Gasteiger partial charge in [-0.05, 0) is 36.5 Å². The summed E-state index contributed by atoms with van der Waals surface area (Å²) in [4.78, 5) is 0. The zero-order valence-corrected chi connectivity index (χ0v) is 12.3. The van der Waals surface area contributed by atoms with Gasteiger partial charge in [-0.15, -0.1) is 0 Å². The predicted molar refractivity (Wildman–Crippen MR) is 78.1 cm³/mol. The van der Waals surface area contributed by atoms with Crippen LogP contribution in [0.3, 0.4) is 0 Å². The largest absolute Gasteiger partial charge is 0.497 e.